The molecule has 42 heavy (non-hydrogen) atoms. The lowest BCUT2D eigenvalue weighted by Crippen LogP contribution is -2.48. The van der Waals surface area contributed by atoms with Gasteiger partial charge in [0.2, 0.25) is 0 Å². The van der Waals surface area contributed by atoms with Crippen molar-refractivity contribution in [3.8, 4) is 17.2 Å². The molecule has 0 aromatic heterocycles. The van der Waals surface area contributed by atoms with Crippen molar-refractivity contribution in [3.63, 3.8) is 0 Å². The molecular formula is C30H31F6NO5. The normalized spacial score (nSPS) is 16.2. The highest BCUT2D eigenvalue weighted by Gasteiger charge is 2.44. The van der Waals surface area contributed by atoms with Gasteiger partial charge in [0.15, 0.2) is 0 Å². The van der Waals surface area contributed by atoms with Crippen LogP contribution >= 0.6 is 0 Å². The van der Waals surface area contributed by atoms with Crippen LogP contribution in [-0.4, -0.2) is 56.8 Å². The third kappa shape index (κ3) is 8.52. The van der Waals surface area contributed by atoms with Crippen LogP contribution in [0.25, 0.3) is 0 Å². The van der Waals surface area contributed by atoms with Crippen LogP contribution in [0, 0.1) is 0 Å². The summed E-state index contributed by atoms with van der Waals surface area (Å²) in [5.74, 6) is -1.59. The Morgan fingerprint density at radius 2 is 1.12 bits per heavy atom. The number of hydrogen-bond acceptors (Lipinski definition) is 6. The molecule has 3 aromatic carbocycles. The van der Waals surface area contributed by atoms with E-state index in [4.69, 9.17) is 9.47 Å². The molecule has 228 valence electrons. The summed E-state index contributed by atoms with van der Waals surface area (Å²) in [6, 6.07) is 17.7. The molecule has 1 aliphatic rings. The fourth-order valence-electron chi connectivity index (χ4n) is 5.33. The number of methoxy groups -OCH3 is 1. The van der Waals surface area contributed by atoms with Crippen LogP contribution in [0.5, 0.6) is 17.2 Å². The molecular weight excluding hydrogens is 568 g/mol. The molecule has 0 saturated carbocycles. The smallest absolute Gasteiger partial charge is 0.491 e. The van der Waals surface area contributed by atoms with Crippen LogP contribution in [0.4, 0.5) is 26.3 Å². The molecule has 1 atom stereocenters. The van der Waals surface area contributed by atoms with Crippen LogP contribution in [0.15, 0.2) is 72.8 Å². The van der Waals surface area contributed by atoms with E-state index in [2.05, 4.69) is 14.8 Å². The van der Waals surface area contributed by atoms with E-state index >= 15 is 0 Å². The fraction of sp³-hybridized carbons (Fsp3) is 0.400. The maximum Gasteiger partial charge on any atom is 0.573 e. The van der Waals surface area contributed by atoms with Gasteiger partial charge in [-0.15, -0.1) is 26.3 Å². The zero-order valence-electron chi connectivity index (χ0n) is 22.7. The molecule has 12 heteroatoms. The second-order valence-electron chi connectivity index (χ2n) is 9.95. The van der Waals surface area contributed by atoms with Crippen LogP contribution in [0.1, 0.15) is 41.4 Å². The number of benzene rings is 3. The van der Waals surface area contributed by atoms with Gasteiger partial charge in [-0.05, 0) is 79.0 Å². The monoisotopic (exact) mass is 599 g/mol. The molecule has 3 aromatic rings. The van der Waals surface area contributed by atoms with E-state index in [1.807, 2.05) is 12.1 Å². The van der Waals surface area contributed by atoms with Crippen molar-refractivity contribution < 1.29 is 50.4 Å². The summed E-state index contributed by atoms with van der Waals surface area (Å²) < 4.78 is 95.7. The van der Waals surface area contributed by atoms with Gasteiger partial charge in [0.05, 0.1) is 12.2 Å². The fourth-order valence-corrected chi connectivity index (χ4v) is 5.33. The molecule has 0 aliphatic carbocycles. The van der Waals surface area contributed by atoms with Crippen molar-refractivity contribution in [2.45, 2.75) is 43.0 Å². The molecule has 1 fully saturated rings. The molecule has 1 unspecified atom stereocenters. The Balaban J connectivity index is 1.80. The van der Waals surface area contributed by atoms with E-state index in [-0.39, 0.29) is 0 Å². The van der Waals surface area contributed by atoms with E-state index < -0.39 is 41.7 Å². The summed E-state index contributed by atoms with van der Waals surface area (Å²) in [6.07, 6.45) is -9.03. The average Bonchev–Trinajstić information content (AvgIpc) is 2.92. The van der Waals surface area contributed by atoms with Crippen molar-refractivity contribution in [1.82, 2.24) is 5.32 Å². The predicted octanol–water partition coefficient (Wildman–Crippen LogP) is 6.54. The summed E-state index contributed by atoms with van der Waals surface area (Å²) in [4.78, 5) is 0. The van der Waals surface area contributed by atoms with Gasteiger partial charge in [0, 0.05) is 18.9 Å². The largest absolute Gasteiger partial charge is 0.573 e. The minimum Gasteiger partial charge on any atom is -0.491 e. The molecule has 1 saturated heterocycles. The molecule has 1 heterocycles. The summed E-state index contributed by atoms with van der Waals surface area (Å²) in [5, 5.41) is 15.3. The average molecular weight is 600 g/mol. The summed E-state index contributed by atoms with van der Waals surface area (Å²) in [5.41, 5.74) is 0.517. The highest BCUT2D eigenvalue weighted by Crippen LogP contribution is 2.49. The second-order valence-corrected chi connectivity index (χ2v) is 9.95. The number of halogens is 6. The van der Waals surface area contributed by atoms with Gasteiger partial charge >= 0.3 is 12.7 Å². The first kappa shape index (κ1) is 31.5. The van der Waals surface area contributed by atoms with Gasteiger partial charge in [-0.25, -0.2) is 0 Å². The van der Waals surface area contributed by atoms with E-state index in [0.29, 0.717) is 56.0 Å². The van der Waals surface area contributed by atoms with Gasteiger partial charge < -0.3 is 29.4 Å². The zero-order chi connectivity index (χ0) is 30.4. The third-order valence-electron chi connectivity index (χ3n) is 7.12. The molecule has 6 nitrogen and oxygen atoms in total. The summed E-state index contributed by atoms with van der Waals surface area (Å²) >= 11 is 0. The van der Waals surface area contributed by atoms with E-state index in [1.165, 1.54) is 48.5 Å². The third-order valence-corrected chi connectivity index (χ3v) is 7.12. The quantitative estimate of drug-likeness (QED) is 0.193. The first-order chi connectivity index (χ1) is 19.9. The minimum absolute atomic E-state index is 0.330. The topological polar surface area (TPSA) is 69.2 Å². The van der Waals surface area contributed by atoms with Crippen LogP contribution in [-0.2, 0) is 4.74 Å². The molecule has 0 amide bonds. The van der Waals surface area contributed by atoms with Gasteiger partial charge in [-0.2, -0.15) is 0 Å². The summed E-state index contributed by atoms with van der Waals surface area (Å²) in [6.45, 7) is 1.76. The summed E-state index contributed by atoms with van der Waals surface area (Å²) in [7, 11) is 1.56. The standard InChI is InChI=1S/C30H31F6NO5/c1-39-18-19-40-23-8-6-22(7-9-23)27(28(38)14-16-37-17-15-28)26(20-2-10-24(11-3-20)41-29(31,32)33)21-4-12-25(13-5-21)42-30(34,35)36/h2-13,26-27,37-38H,14-19H2,1H3. The van der Waals surface area contributed by atoms with Crippen molar-refractivity contribution in [2.24, 2.45) is 0 Å². The molecule has 4 rings (SSSR count). The molecule has 1 aliphatic heterocycles. The number of hydrogen-bond donors (Lipinski definition) is 2. The SMILES string of the molecule is COCCOc1ccc(C(C(c2ccc(OC(F)(F)F)cc2)c2ccc(OC(F)(F)F)cc2)C2(O)CCNCC2)cc1. The molecule has 0 spiro atoms. The highest BCUT2D eigenvalue weighted by molar-refractivity contribution is 5.44. The Morgan fingerprint density at radius 3 is 1.55 bits per heavy atom. The first-order valence-corrected chi connectivity index (χ1v) is 13.2. The van der Waals surface area contributed by atoms with Crippen LogP contribution in [0.3, 0.4) is 0 Å². The lowest BCUT2D eigenvalue weighted by molar-refractivity contribution is -0.275. The molecule has 2 N–H and O–H groups in total. The van der Waals surface area contributed by atoms with E-state index in [9.17, 15) is 31.4 Å². The zero-order valence-corrected chi connectivity index (χ0v) is 22.7. The number of alkyl halides is 6. The Hall–Kier alpha value is -3.48. The van der Waals surface area contributed by atoms with E-state index in [0.717, 1.165) is 5.56 Å². The molecule has 0 radical (unpaired) electrons. The van der Waals surface area contributed by atoms with Gasteiger partial charge in [-0.1, -0.05) is 36.4 Å². The van der Waals surface area contributed by atoms with Crippen molar-refractivity contribution in [1.29, 1.82) is 0 Å². The van der Waals surface area contributed by atoms with Crippen LogP contribution < -0.4 is 19.5 Å². The lowest BCUT2D eigenvalue weighted by atomic mass is 9.66. The Labute approximate surface area is 239 Å². The van der Waals surface area contributed by atoms with Crippen LogP contribution in [0.2, 0.25) is 0 Å². The lowest BCUT2D eigenvalue weighted by Gasteiger charge is -2.44. The van der Waals surface area contributed by atoms with Gasteiger partial charge in [-0.3, -0.25) is 0 Å². The molecule has 0 bridgehead atoms. The Kier molecular flexibility index (Phi) is 9.90. The minimum atomic E-state index is -4.88. The number of piperidine rings is 1. The predicted molar refractivity (Wildman–Crippen MR) is 142 cm³/mol. The number of rotatable bonds is 11. The number of nitrogens with one attached hydrogen (secondary N) is 1. The van der Waals surface area contributed by atoms with E-state index in [1.54, 1.807) is 19.2 Å². The Bertz CT molecular complexity index is 1200. The maximum absolute atomic E-state index is 12.8. The second kappa shape index (κ2) is 13.2. The number of ether oxygens (including phenoxy) is 4. The number of aliphatic hydroxyl groups is 1. The van der Waals surface area contributed by atoms with Crippen molar-refractivity contribution >= 4 is 0 Å². The van der Waals surface area contributed by atoms with Gasteiger partial charge in [0.1, 0.15) is 23.9 Å². The maximum atomic E-state index is 12.8. The van der Waals surface area contributed by atoms with Gasteiger partial charge in [0.25, 0.3) is 0 Å². The highest BCUT2D eigenvalue weighted by atomic mass is 19.4. The Morgan fingerprint density at radius 1 is 0.690 bits per heavy atom. The van der Waals surface area contributed by atoms with Crippen molar-refractivity contribution in [3.05, 3.63) is 89.5 Å². The van der Waals surface area contributed by atoms with Crippen molar-refractivity contribution in [2.75, 3.05) is 33.4 Å². The first-order valence-electron chi connectivity index (χ1n) is 13.2.